The van der Waals surface area contributed by atoms with Crippen LogP contribution >= 0.6 is 0 Å². The van der Waals surface area contributed by atoms with Crippen LogP contribution in [0.5, 0.6) is 11.5 Å². The summed E-state index contributed by atoms with van der Waals surface area (Å²) < 4.78 is 5.96. The molecule has 0 unspecified atom stereocenters. The number of carbonyl (C=O) groups excluding carboxylic acids is 1. The van der Waals surface area contributed by atoms with Crippen LogP contribution in [0.1, 0.15) is 22.8 Å². The standard InChI is InChI=1S/C21H18O3/c1-15(22)19-13-17(11-12-20(19)23)18-9-5-6-10-21(18)24-14-16-7-3-2-4-8-16/h2-13,23H,14H2,1H3. The number of benzene rings is 3. The summed E-state index contributed by atoms with van der Waals surface area (Å²) in [5.74, 6) is 0.563. The van der Waals surface area contributed by atoms with E-state index in [1.54, 1.807) is 18.2 Å². The van der Waals surface area contributed by atoms with E-state index >= 15 is 0 Å². The van der Waals surface area contributed by atoms with Gasteiger partial charge in [0.25, 0.3) is 0 Å². The Morgan fingerprint density at radius 2 is 1.67 bits per heavy atom. The van der Waals surface area contributed by atoms with Crippen molar-refractivity contribution in [3.63, 3.8) is 0 Å². The Labute approximate surface area is 141 Å². The highest BCUT2D eigenvalue weighted by Crippen LogP contribution is 2.33. The number of hydrogen-bond donors (Lipinski definition) is 1. The summed E-state index contributed by atoms with van der Waals surface area (Å²) >= 11 is 0. The van der Waals surface area contributed by atoms with Crippen LogP contribution in [-0.4, -0.2) is 10.9 Å². The third-order valence-corrected chi connectivity index (χ3v) is 3.81. The minimum absolute atomic E-state index is 0.00562. The Hall–Kier alpha value is -3.07. The molecule has 0 heterocycles. The maximum atomic E-state index is 11.7. The van der Waals surface area contributed by atoms with Crippen molar-refractivity contribution in [3.8, 4) is 22.6 Å². The van der Waals surface area contributed by atoms with Gasteiger partial charge in [-0.2, -0.15) is 0 Å². The molecule has 1 N–H and O–H groups in total. The summed E-state index contributed by atoms with van der Waals surface area (Å²) in [6, 6.07) is 22.6. The monoisotopic (exact) mass is 318 g/mol. The van der Waals surface area contributed by atoms with Gasteiger partial charge >= 0.3 is 0 Å². The zero-order chi connectivity index (χ0) is 16.9. The number of rotatable bonds is 5. The molecule has 24 heavy (non-hydrogen) atoms. The molecular formula is C21H18O3. The van der Waals surface area contributed by atoms with Crippen LogP contribution in [0.4, 0.5) is 0 Å². The lowest BCUT2D eigenvalue weighted by molar-refractivity contribution is 0.101. The smallest absolute Gasteiger partial charge is 0.163 e. The minimum atomic E-state index is -0.169. The third-order valence-electron chi connectivity index (χ3n) is 3.81. The van der Waals surface area contributed by atoms with Crippen LogP contribution in [0.15, 0.2) is 72.8 Å². The largest absolute Gasteiger partial charge is 0.507 e. The first-order valence-electron chi connectivity index (χ1n) is 7.75. The van der Waals surface area contributed by atoms with Crippen LogP contribution < -0.4 is 4.74 Å². The van der Waals surface area contributed by atoms with Gasteiger partial charge in [0.1, 0.15) is 18.1 Å². The number of Topliss-reactive ketones (excluding diaryl/α,β-unsaturated/α-hetero) is 1. The molecule has 0 aliphatic rings. The van der Waals surface area contributed by atoms with Crippen molar-refractivity contribution >= 4 is 5.78 Å². The van der Waals surface area contributed by atoms with E-state index in [9.17, 15) is 9.90 Å². The molecule has 0 aliphatic carbocycles. The van der Waals surface area contributed by atoms with Crippen molar-refractivity contribution in [1.82, 2.24) is 0 Å². The molecule has 0 amide bonds. The molecule has 0 fully saturated rings. The molecule has 3 aromatic carbocycles. The number of hydrogen-bond acceptors (Lipinski definition) is 3. The number of para-hydroxylation sites is 1. The Kier molecular flexibility index (Phi) is 4.62. The summed E-state index contributed by atoms with van der Waals surface area (Å²) in [4.78, 5) is 11.7. The molecule has 0 atom stereocenters. The fraction of sp³-hybridized carbons (Fsp3) is 0.0952. The summed E-state index contributed by atoms with van der Waals surface area (Å²) in [5, 5.41) is 9.82. The van der Waals surface area contributed by atoms with Crippen molar-refractivity contribution in [2.75, 3.05) is 0 Å². The van der Waals surface area contributed by atoms with Gasteiger partial charge in [-0.05, 0) is 36.2 Å². The topological polar surface area (TPSA) is 46.5 Å². The Morgan fingerprint density at radius 1 is 0.958 bits per heavy atom. The highest BCUT2D eigenvalue weighted by molar-refractivity contribution is 5.98. The second kappa shape index (κ2) is 7.01. The van der Waals surface area contributed by atoms with Gasteiger partial charge in [0, 0.05) is 5.56 Å². The molecule has 0 bridgehead atoms. The molecular weight excluding hydrogens is 300 g/mol. The minimum Gasteiger partial charge on any atom is -0.507 e. The van der Waals surface area contributed by atoms with E-state index in [2.05, 4.69) is 0 Å². The van der Waals surface area contributed by atoms with Gasteiger partial charge in [-0.1, -0.05) is 54.6 Å². The number of phenols is 1. The molecule has 3 nitrogen and oxygen atoms in total. The number of carbonyl (C=O) groups is 1. The highest BCUT2D eigenvalue weighted by atomic mass is 16.5. The Balaban J connectivity index is 1.92. The summed E-state index contributed by atoms with van der Waals surface area (Å²) in [5.41, 5.74) is 3.12. The normalized spacial score (nSPS) is 10.4. The molecule has 3 heteroatoms. The Bertz CT molecular complexity index is 854. The van der Waals surface area contributed by atoms with Gasteiger partial charge in [0.05, 0.1) is 5.56 Å². The van der Waals surface area contributed by atoms with E-state index in [0.29, 0.717) is 12.2 Å². The van der Waals surface area contributed by atoms with Gasteiger partial charge < -0.3 is 9.84 Å². The summed E-state index contributed by atoms with van der Waals surface area (Å²) in [6.07, 6.45) is 0. The molecule has 0 radical (unpaired) electrons. The lowest BCUT2D eigenvalue weighted by Crippen LogP contribution is -1.98. The lowest BCUT2D eigenvalue weighted by Gasteiger charge is -2.13. The van der Waals surface area contributed by atoms with Crippen molar-refractivity contribution < 1.29 is 14.6 Å². The molecule has 0 saturated carbocycles. The first kappa shape index (κ1) is 15.8. The van der Waals surface area contributed by atoms with Gasteiger partial charge in [-0.25, -0.2) is 0 Å². The van der Waals surface area contributed by atoms with E-state index in [0.717, 1.165) is 22.4 Å². The van der Waals surface area contributed by atoms with E-state index in [4.69, 9.17) is 4.74 Å². The first-order valence-corrected chi connectivity index (χ1v) is 7.75. The summed E-state index contributed by atoms with van der Waals surface area (Å²) in [6.45, 7) is 1.91. The second-order valence-corrected chi connectivity index (χ2v) is 5.56. The molecule has 120 valence electrons. The highest BCUT2D eigenvalue weighted by Gasteiger charge is 2.11. The third kappa shape index (κ3) is 3.46. The van der Waals surface area contributed by atoms with E-state index in [1.165, 1.54) is 6.92 Å². The van der Waals surface area contributed by atoms with Crippen LogP contribution in [0, 0.1) is 0 Å². The van der Waals surface area contributed by atoms with E-state index < -0.39 is 0 Å². The van der Waals surface area contributed by atoms with Crippen LogP contribution in [0.2, 0.25) is 0 Å². The molecule has 0 saturated heterocycles. The predicted octanol–water partition coefficient (Wildman–Crippen LogP) is 4.84. The number of ketones is 1. The van der Waals surface area contributed by atoms with Crippen molar-refractivity contribution in [1.29, 1.82) is 0 Å². The Morgan fingerprint density at radius 3 is 2.42 bits per heavy atom. The fourth-order valence-corrected chi connectivity index (χ4v) is 2.55. The predicted molar refractivity (Wildman–Crippen MR) is 94.3 cm³/mol. The first-order chi connectivity index (χ1) is 11.6. The fourth-order valence-electron chi connectivity index (χ4n) is 2.55. The van der Waals surface area contributed by atoms with Crippen molar-refractivity contribution in [2.24, 2.45) is 0 Å². The maximum absolute atomic E-state index is 11.7. The molecule has 0 spiro atoms. The summed E-state index contributed by atoms with van der Waals surface area (Å²) in [7, 11) is 0. The zero-order valence-electron chi connectivity index (χ0n) is 13.4. The van der Waals surface area contributed by atoms with Gasteiger partial charge in [-0.3, -0.25) is 4.79 Å². The molecule has 0 aliphatic heterocycles. The quantitative estimate of drug-likeness (QED) is 0.685. The van der Waals surface area contributed by atoms with Crippen molar-refractivity contribution in [2.45, 2.75) is 13.5 Å². The zero-order valence-corrected chi connectivity index (χ0v) is 13.4. The van der Waals surface area contributed by atoms with Gasteiger partial charge in [0.15, 0.2) is 5.78 Å². The van der Waals surface area contributed by atoms with Gasteiger partial charge in [0.2, 0.25) is 0 Å². The maximum Gasteiger partial charge on any atom is 0.163 e. The molecule has 3 aromatic rings. The number of phenolic OH excluding ortho intramolecular Hbond substituents is 1. The van der Waals surface area contributed by atoms with E-state index in [-0.39, 0.29) is 11.5 Å². The lowest BCUT2D eigenvalue weighted by atomic mass is 10.00. The molecule has 3 rings (SSSR count). The van der Waals surface area contributed by atoms with E-state index in [1.807, 2.05) is 54.6 Å². The number of ether oxygens (including phenoxy) is 1. The van der Waals surface area contributed by atoms with Crippen LogP contribution in [0.3, 0.4) is 0 Å². The molecule has 0 aromatic heterocycles. The van der Waals surface area contributed by atoms with Crippen molar-refractivity contribution in [3.05, 3.63) is 83.9 Å². The SMILES string of the molecule is CC(=O)c1cc(-c2ccccc2OCc2ccccc2)ccc1O. The van der Waals surface area contributed by atoms with Crippen LogP contribution in [0.25, 0.3) is 11.1 Å². The average Bonchev–Trinajstić information content (AvgIpc) is 2.61. The average molecular weight is 318 g/mol. The number of aromatic hydroxyl groups is 1. The second-order valence-electron chi connectivity index (χ2n) is 5.56. The van der Waals surface area contributed by atoms with Gasteiger partial charge in [-0.15, -0.1) is 0 Å². The van der Waals surface area contributed by atoms with Crippen LogP contribution in [-0.2, 0) is 6.61 Å².